The Balaban J connectivity index is 0.00000128. The van der Waals surface area contributed by atoms with Gasteiger partial charge in [-0.2, -0.15) is 24.3 Å². The van der Waals surface area contributed by atoms with E-state index in [0.29, 0.717) is 0 Å². The summed E-state index contributed by atoms with van der Waals surface area (Å²) in [5.74, 6) is 0. The molecule has 0 amide bonds. The topological polar surface area (TPSA) is 12.0 Å². The maximum atomic E-state index is 3.36. The maximum Gasteiger partial charge on any atom is 2.00 e. The summed E-state index contributed by atoms with van der Waals surface area (Å²) < 4.78 is 0. The third-order valence-electron chi connectivity index (χ3n) is 2.58. The van der Waals surface area contributed by atoms with Gasteiger partial charge >= 0.3 is 23.1 Å². The second kappa shape index (κ2) is 7.74. The molecule has 0 atom stereocenters. The van der Waals surface area contributed by atoms with E-state index in [2.05, 4.69) is 43.4 Å². The fraction of sp³-hybridized carbons (Fsp3) is 0.143. The molecule has 1 N–H and O–H groups in total. The van der Waals surface area contributed by atoms with E-state index in [1.54, 1.807) is 0 Å². The Hall–Kier alpha value is -0.514. The molecule has 0 bridgehead atoms. The first-order valence-corrected chi connectivity index (χ1v) is 5.07. The molecule has 0 saturated carbocycles. The molecule has 84 valence electrons. The Morgan fingerprint density at radius 3 is 2.41 bits per heavy atom. The van der Waals surface area contributed by atoms with Crippen LogP contribution in [0.25, 0.3) is 0 Å². The number of hydrogen-bond acceptors (Lipinski definition) is 1. The van der Waals surface area contributed by atoms with Crippen LogP contribution in [-0.2, 0) is 0 Å². The predicted molar refractivity (Wildman–Crippen MR) is 70.2 cm³/mol. The van der Waals surface area contributed by atoms with Crippen LogP contribution in [-0.4, -0.2) is 23.1 Å². The summed E-state index contributed by atoms with van der Waals surface area (Å²) >= 11 is 0. The van der Waals surface area contributed by atoms with E-state index in [1.807, 2.05) is 24.3 Å². The van der Waals surface area contributed by atoms with Gasteiger partial charge in [0.2, 0.25) is 0 Å². The second-order valence-corrected chi connectivity index (χ2v) is 3.65. The molecule has 1 nitrogen and oxygen atoms in total. The third-order valence-corrected chi connectivity index (χ3v) is 2.58. The van der Waals surface area contributed by atoms with Gasteiger partial charge in [-0.25, -0.2) is 0 Å². The number of nitrogens with one attached hydrogen (secondary N) is 1. The summed E-state index contributed by atoms with van der Waals surface area (Å²) in [5, 5.41) is 3.36. The molecule has 0 fully saturated rings. The summed E-state index contributed by atoms with van der Waals surface area (Å²) in [5.41, 5.74) is 4.74. The number of hydrogen-bond donors (Lipinski definition) is 1. The smallest absolute Gasteiger partial charge is 1.00 e. The third kappa shape index (κ3) is 4.34. The molecule has 0 aliphatic carbocycles. The van der Waals surface area contributed by atoms with Gasteiger partial charge in [0.25, 0.3) is 0 Å². The molecule has 2 aromatic rings. The van der Waals surface area contributed by atoms with Gasteiger partial charge in [0.05, 0.1) is 0 Å². The van der Waals surface area contributed by atoms with E-state index in [-0.39, 0.29) is 40.0 Å². The van der Waals surface area contributed by atoms with Gasteiger partial charge < -0.3 is 22.3 Å². The van der Waals surface area contributed by atoms with Crippen molar-refractivity contribution in [3.05, 3.63) is 59.7 Å². The van der Waals surface area contributed by atoms with Crippen molar-refractivity contribution in [2.45, 2.75) is 13.8 Å². The molecule has 0 spiro atoms. The number of anilines is 2. The molecule has 0 aliphatic heterocycles. The molecule has 3 heteroatoms. The van der Waals surface area contributed by atoms with E-state index in [4.69, 9.17) is 0 Å². The Morgan fingerprint density at radius 2 is 1.76 bits per heavy atom. The first kappa shape index (κ1) is 16.5. The zero-order valence-corrected chi connectivity index (χ0v) is 13.1. The van der Waals surface area contributed by atoms with Gasteiger partial charge in [-0.3, -0.25) is 0 Å². The van der Waals surface area contributed by atoms with Gasteiger partial charge in [-0.05, 0) is 31.0 Å². The molecule has 2 aromatic carbocycles. The molecular weight excluding hydrogens is 286 g/mol. The van der Waals surface area contributed by atoms with E-state index >= 15 is 0 Å². The van der Waals surface area contributed by atoms with Crippen molar-refractivity contribution in [3.8, 4) is 0 Å². The van der Waals surface area contributed by atoms with Gasteiger partial charge in [-0.15, -0.1) is 6.07 Å². The SMILES string of the molecule is Cc1cccc(Nc2[c-]cccc2)c1C.[Br-].[Mg+2]. The van der Waals surface area contributed by atoms with E-state index < -0.39 is 0 Å². The number of aryl methyl sites for hydroxylation is 1. The molecule has 0 aliphatic rings. The molecule has 0 aromatic heterocycles. The van der Waals surface area contributed by atoms with E-state index in [9.17, 15) is 0 Å². The molecule has 0 saturated heterocycles. The van der Waals surface area contributed by atoms with Gasteiger partial charge in [0.1, 0.15) is 0 Å². The minimum absolute atomic E-state index is 0. The van der Waals surface area contributed by atoms with E-state index in [0.717, 1.165) is 11.4 Å². The molecule has 17 heavy (non-hydrogen) atoms. The Labute approximate surface area is 130 Å². The largest absolute Gasteiger partial charge is 2.00 e. The average molecular weight is 300 g/mol. The zero-order valence-electron chi connectivity index (χ0n) is 10.1. The monoisotopic (exact) mass is 299 g/mol. The molecule has 0 radical (unpaired) electrons. The van der Waals surface area contributed by atoms with Crippen LogP contribution in [0.15, 0.2) is 42.5 Å². The summed E-state index contributed by atoms with van der Waals surface area (Å²) in [7, 11) is 0. The fourth-order valence-corrected chi connectivity index (χ4v) is 1.50. The standard InChI is InChI=1S/C14H14N.BrH.Mg/c1-11-7-6-10-14(12(11)2)15-13-8-4-3-5-9-13;;/h3-8,10,15H,1-2H3;1H;/q-1;;+2/p-1. The molecule has 0 unspecified atom stereocenters. The van der Waals surface area contributed by atoms with E-state index in [1.165, 1.54) is 11.1 Å². The molecule has 2 rings (SSSR count). The van der Waals surface area contributed by atoms with Gasteiger partial charge in [0.15, 0.2) is 0 Å². The average Bonchev–Trinajstić information content (AvgIpc) is 2.26. The Kier molecular flexibility index (Phi) is 7.51. The van der Waals surface area contributed by atoms with Gasteiger partial charge in [0, 0.05) is 5.69 Å². The maximum absolute atomic E-state index is 3.36. The summed E-state index contributed by atoms with van der Waals surface area (Å²) in [6.07, 6.45) is 0. The first-order chi connectivity index (χ1) is 7.27. The van der Waals surface area contributed by atoms with Crippen LogP contribution in [0.4, 0.5) is 11.4 Å². The summed E-state index contributed by atoms with van der Waals surface area (Å²) in [6, 6.07) is 17.3. The minimum Gasteiger partial charge on any atom is -1.00 e. The van der Waals surface area contributed by atoms with Crippen LogP contribution in [0.1, 0.15) is 11.1 Å². The fourth-order valence-electron chi connectivity index (χ4n) is 1.50. The number of halogens is 1. The normalized spacial score (nSPS) is 8.82. The molecular formula is C14H14BrMgN. The van der Waals surface area contributed by atoms with Crippen molar-refractivity contribution in [2.24, 2.45) is 0 Å². The van der Waals surface area contributed by atoms with Crippen molar-refractivity contribution in [1.29, 1.82) is 0 Å². The zero-order chi connectivity index (χ0) is 10.7. The van der Waals surface area contributed by atoms with Crippen molar-refractivity contribution in [3.63, 3.8) is 0 Å². The number of benzene rings is 2. The molecule has 0 heterocycles. The Morgan fingerprint density at radius 1 is 1.00 bits per heavy atom. The van der Waals surface area contributed by atoms with Crippen molar-refractivity contribution in [2.75, 3.05) is 5.32 Å². The van der Waals surface area contributed by atoms with Gasteiger partial charge in [-0.1, -0.05) is 17.8 Å². The predicted octanol–water partition coefficient (Wildman–Crippen LogP) is 0.470. The number of rotatable bonds is 2. The van der Waals surface area contributed by atoms with Crippen molar-refractivity contribution < 1.29 is 17.0 Å². The summed E-state index contributed by atoms with van der Waals surface area (Å²) in [4.78, 5) is 0. The van der Waals surface area contributed by atoms with Crippen LogP contribution in [0.5, 0.6) is 0 Å². The van der Waals surface area contributed by atoms with Crippen LogP contribution in [0, 0.1) is 19.9 Å². The first-order valence-electron chi connectivity index (χ1n) is 5.07. The Bertz CT molecular complexity index is 457. The number of para-hydroxylation sites is 1. The van der Waals surface area contributed by atoms with Crippen LogP contribution >= 0.6 is 0 Å². The van der Waals surface area contributed by atoms with Crippen LogP contribution in [0.3, 0.4) is 0 Å². The second-order valence-electron chi connectivity index (χ2n) is 3.65. The summed E-state index contributed by atoms with van der Waals surface area (Å²) in [6.45, 7) is 4.25. The minimum atomic E-state index is 0. The van der Waals surface area contributed by atoms with Crippen LogP contribution in [0.2, 0.25) is 0 Å². The van der Waals surface area contributed by atoms with Crippen molar-refractivity contribution >= 4 is 34.4 Å². The quantitative estimate of drug-likeness (QED) is 0.628. The van der Waals surface area contributed by atoms with Crippen LogP contribution < -0.4 is 22.3 Å². The van der Waals surface area contributed by atoms with Crippen molar-refractivity contribution in [1.82, 2.24) is 0 Å².